The van der Waals surface area contributed by atoms with Gasteiger partial charge in [0.2, 0.25) is 0 Å². The van der Waals surface area contributed by atoms with Crippen LogP contribution in [0, 0.1) is 0 Å². The summed E-state index contributed by atoms with van der Waals surface area (Å²) in [6, 6.07) is 1.36. The molecule has 2 aliphatic heterocycles. The number of aliphatic imine (C=N–C) groups is 1. The maximum absolute atomic E-state index is 10.5. The molecular weight excluding hydrogens is 447 g/mol. The number of thioether (sulfide) groups is 1. The molecule has 1 saturated carbocycles. The van der Waals surface area contributed by atoms with E-state index < -0.39 is 5.60 Å². The molecule has 0 aromatic carbocycles. The molecule has 3 aliphatic rings. The van der Waals surface area contributed by atoms with Crippen LogP contribution in [0.1, 0.15) is 51.9 Å². The highest BCUT2D eigenvalue weighted by molar-refractivity contribution is 14.0. The van der Waals surface area contributed by atoms with Gasteiger partial charge in [0.25, 0.3) is 0 Å². The first-order valence-corrected chi connectivity index (χ1v) is 10.9. The van der Waals surface area contributed by atoms with Gasteiger partial charge in [-0.2, -0.15) is 11.8 Å². The lowest BCUT2D eigenvalue weighted by Crippen LogP contribution is -2.50. The number of halogens is 1. The molecule has 5 nitrogen and oxygen atoms in total. The van der Waals surface area contributed by atoms with Crippen LogP contribution in [-0.2, 0) is 0 Å². The minimum absolute atomic E-state index is 0. The zero-order chi connectivity index (χ0) is 16.8. The van der Waals surface area contributed by atoms with E-state index in [2.05, 4.69) is 27.4 Å². The maximum Gasteiger partial charge on any atom is 0.191 e. The molecule has 3 N–H and O–H groups in total. The Balaban J connectivity index is 0.00000225. The Bertz CT molecular complexity index is 417. The average molecular weight is 482 g/mol. The molecule has 2 saturated heterocycles. The van der Waals surface area contributed by atoms with Crippen LogP contribution in [-0.4, -0.2) is 71.3 Å². The number of rotatable bonds is 5. The predicted molar refractivity (Wildman–Crippen MR) is 118 cm³/mol. The molecule has 1 unspecified atom stereocenters. The van der Waals surface area contributed by atoms with E-state index in [4.69, 9.17) is 0 Å². The van der Waals surface area contributed by atoms with Crippen LogP contribution in [0.15, 0.2) is 4.99 Å². The first-order valence-electron chi connectivity index (χ1n) is 9.77. The number of likely N-dealkylation sites (tertiary alicyclic amines) is 1. The highest BCUT2D eigenvalue weighted by Crippen LogP contribution is 2.28. The van der Waals surface area contributed by atoms with Crippen molar-refractivity contribution in [1.82, 2.24) is 15.5 Å². The lowest BCUT2D eigenvalue weighted by Gasteiger charge is -2.36. The van der Waals surface area contributed by atoms with E-state index >= 15 is 0 Å². The zero-order valence-electron chi connectivity index (χ0n) is 15.5. The molecule has 0 amide bonds. The van der Waals surface area contributed by atoms with Crippen molar-refractivity contribution in [1.29, 1.82) is 0 Å². The van der Waals surface area contributed by atoms with Gasteiger partial charge in [0, 0.05) is 37.5 Å². The van der Waals surface area contributed by atoms with Crippen molar-refractivity contribution in [3.8, 4) is 0 Å². The number of nitrogens with zero attached hydrogens (tertiary/aromatic N) is 2. The number of aliphatic hydroxyl groups is 1. The van der Waals surface area contributed by atoms with Crippen LogP contribution >= 0.6 is 35.7 Å². The number of hydrogen-bond acceptors (Lipinski definition) is 4. The second kappa shape index (κ2) is 10.6. The SMILES string of the molecule is CCNC(=NCC1(O)CCSC1)NC1CCN(C2CCCC2)CC1.I. The van der Waals surface area contributed by atoms with Crippen molar-refractivity contribution in [2.75, 3.05) is 37.7 Å². The van der Waals surface area contributed by atoms with Crippen molar-refractivity contribution in [2.24, 2.45) is 4.99 Å². The summed E-state index contributed by atoms with van der Waals surface area (Å²) in [5.74, 6) is 2.74. The topological polar surface area (TPSA) is 59.9 Å². The smallest absolute Gasteiger partial charge is 0.191 e. The first kappa shape index (κ1) is 21.6. The average Bonchev–Trinajstić information content (AvgIpc) is 3.26. The summed E-state index contributed by atoms with van der Waals surface area (Å²) in [7, 11) is 0. The summed E-state index contributed by atoms with van der Waals surface area (Å²) in [4.78, 5) is 7.38. The molecule has 3 rings (SSSR count). The van der Waals surface area contributed by atoms with Gasteiger partial charge in [0.05, 0.1) is 12.1 Å². The van der Waals surface area contributed by atoms with Crippen LogP contribution < -0.4 is 10.6 Å². The summed E-state index contributed by atoms with van der Waals surface area (Å²) in [6.45, 7) is 5.89. The van der Waals surface area contributed by atoms with Crippen molar-refractivity contribution < 1.29 is 5.11 Å². The Hall–Kier alpha value is 0.270. The molecule has 3 fully saturated rings. The van der Waals surface area contributed by atoms with Crippen molar-refractivity contribution in [3.05, 3.63) is 0 Å². The van der Waals surface area contributed by atoms with Crippen LogP contribution in [0.4, 0.5) is 0 Å². The minimum atomic E-state index is -0.598. The van der Waals surface area contributed by atoms with E-state index in [-0.39, 0.29) is 24.0 Å². The Kier molecular flexibility index (Phi) is 9.11. The second-order valence-electron chi connectivity index (χ2n) is 7.61. The molecule has 146 valence electrons. The van der Waals surface area contributed by atoms with E-state index in [0.717, 1.165) is 36.5 Å². The highest BCUT2D eigenvalue weighted by atomic mass is 127. The number of nitrogens with one attached hydrogen (secondary N) is 2. The van der Waals surface area contributed by atoms with Gasteiger partial charge in [-0.1, -0.05) is 12.8 Å². The Morgan fingerprint density at radius 2 is 1.96 bits per heavy atom. The Morgan fingerprint density at radius 3 is 2.56 bits per heavy atom. The van der Waals surface area contributed by atoms with Crippen molar-refractivity contribution >= 4 is 41.7 Å². The van der Waals surface area contributed by atoms with Crippen LogP contribution in [0.3, 0.4) is 0 Å². The standard InChI is InChI=1S/C18H34N4OS.HI/c1-2-19-17(20-13-18(23)9-12-24-14-18)21-15-7-10-22(11-8-15)16-5-3-4-6-16;/h15-16,23H,2-14H2,1H3,(H2,19,20,21);1H. The number of hydrogen-bond donors (Lipinski definition) is 3. The lowest BCUT2D eigenvalue weighted by molar-refractivity contribution is 0.0777. The van der Waals surface area contributed by atoms with Crippen molar-refractivity contribution in [2.45, 2.75) is 69.6 Å². The fourth-order valence-electron chi connectivity index (χ4n) is 4.14. The summed E-state index contributed by atoms with van der Waals surface area (Å²) in [6.07, 6.45) is 8.89. The molecule has 25 heavy (non-hydrogen) atoms. The van der Waals surface area contributed by atoms with E-state index in [1.54, 1.807) is 0 Å². The zero-order valence-corrected chi connectivity index (χ0v) is 18.7. The van der Waals surface area contributed by atoms with Gasteiger partial charge in [0.1, 0.15) is 0 Å². The molecule has 0 aromatic heterocycles. The molecular formula is C18H35IN4OS. The third-order valence-corrected chi connectivity index (χ3v) is 6.90. The fraction of sp³-hybridized carbons (Fsp3) is 0.944. The van der Waals surface area contributed by atoms with E-state index in [0.29, 0.717) is 12.6 Å². The molecule has 0 radical (unpaired) electrons. The van der Waals surface area contributed by atoms with Gasteiger partial charge in [-0.05, 0) is 44.8 Å². The monoisotopic (exact) mass is 482 g/mol. The summed E-state index contributed by atoms with van der Waals surface area (Å²) >= 11 is 1.83. The number of piperidine rings is 1. The van der Waals surface area contributed by atoms with Crippen molar-refractivity contribution in [3.63, 3.8) is 0 Å². The van der Waals surface area contributed by atoms with Gasteiger partial charge < -0.3 is 20.6 Å². The predicted octanol–water partition coefficient (Wildman–Crippen LogP) is 2.43. The fourth-order valence-corrected chi connectivity index (χ4v) is 5.42. The summed E-state index contributed by atoms with van der Waals surface area (Å²) in [5, 5.41) is 17.4. The largest absolute Gasteiger partial charge is 0.387 e. The van der Waals surface area contributed by atoms with Crippen LogP contribution in [0.2, 0.25) is 0 Å². The van der Waals surface area contributed by atoms with Crippen LogP contribution in [0.25, 0.3) is 0 Å². The first-order chi connectivity index (χ1) is 11.7. The third-order valence-electron chi connectivity index (χ3n) is 5.67. The molecule has 7 heteroatoms. The molecule has 0 spiro atoms. The van der Waals surface area contributed by atoms with E-state index in [1.165, 1.54) is 51.6 Å². The maximum atomic E-state index is 10.5. The van der Waals surface area contributed by atoms with E-state index in [9.17, 15) is 5.11 Å². The summed E-state index contributed by atoms with van der Waals surface area (Å²) in [5.41, 5.74) is -0.598. The second-order valence-corrected chi connectivity index (χ2v) is 8.72. The third kappa shape index (κ3) is 6.43. The number of guanidine groups is 1. The van der Waals surface area contributed by atoms with Gasteiger partial charge in [-0.3, -0.25) is 4.99 Å². The van der Waals surface area contributed by atoms with E-state index in [1.807, 2.05) is 11.8 Å². The van der Waals surface area contributed by atoms with Gasteiger partial charge in [0.15, 0.2) is 5.96 Å². The van der Waals surface area contributed by atoms with Gasteiger partial charge in [-0.25, -0.2) is 0 Å². The normalized spacial score (nSPS) is 29.6. The quantitative estimate of drug-likeness (QED) is 0.319. The molecule has 1 aliphatic carbocycles. The van der Waals surface area contributed by atoms with Gasteiger partial charge >= 0.3 is 0 Å². The van der Waals surface area contributed by atoms with Gasteiger partial charge in [-0.15, -0.1) is 24.0 Å². The molecule has 0 bridgehead atoms. The Morgan fingerprint density at radius 1 is 1.24 bits per heavy atom. The summed E-state index contributed by atoms with van der Waals surface area (Å²) < 4.78 is 0. The molecule has 2 heterocycles. The lowest BCUT2D eigenvalue weighted by atomic mass is 10.0. The Labute approximate surface area is 174 Å². The van der Waals surface area contributed by atoms with Crippen LogP contribution in [0.5, 0.6) is 0 Å². The molecule has 1 atom stereocenters. The minimum Gasteiger partial charge on any atom is -0.387 e. The molecule has 0 aromatic rings. The highest BCUT2D eigenvalue weighted by Gasteiger charge is 2.32.